The molecular weight excluding hydrogens is 1060 g/mol. The topological polar surface area (TPSA) is 228 Å². The Kier molecular flexibility index (Phi) is 50.4. The van der Waals surface area contributed by atoms with E-state index in [1.165, 1.54) is 161 Å². The molecule has 12 atom stereocenters. The van der Waals surface area contributed by atoms with Crippen LogP contribution in [0, 0.1) is 0 Å². The summed E-state index contributed by atoms with van der Waals surface area (Å²) >= 11 is 0. The van der Waals surface area contributed by atoms with Gasteiger partial charge in [0.1, 0.15) is 48.8 Å². The number of ether oxygens (including phenoxy) is 4. The number of carbonyl (C=O) groups excluding carboxylic acids is 1. The third-order valence-corrected chi connectivity index (χ3v) is 16.4. The van der Waals surface area contributed by atoms with Crippen LogP contribution in [0.4, 0.5) is 0 Å². The summed E-state index contributed by atoms with van der Waals surface area (Å²) in [6.07, 6.45) is 56.8. The molecule has 84 heavy (non-hydrogen) atoms. The van der Waals surface area contributed by atoms with E-state index in [0.717, 1.165) is 77.0 Å². The van der Waals surface area contributed by atoms with E-state index in [1.807, 2.05) is 6.08 Å². The van der Waals surface area contributed by atoms with Gasteiger partial charge in [0.15, 0.2) is 12.6 Å². The van der Waals surface area contributed by atoms with Crippen LogP contribution < -0.4 is 5.32 Å². The molecule has 0 aromatic carbocycles. The van der Waals surface area contributed by atoms with Crippen molar-refractivity contribution in [1.29, 1.82) is 0 Å². The Morgan fingerprint density at radius 2 is 0.833 bits per heavy atom. The molecule has 14 nitrogen and oxygen atoms in total. The monoisotopic (exact) mass is 1190 g/mol. The molecule has 2 saturated heterocycles. The lowest BCUT2D eigenvalue weighted by atomic mass is 9.97. The lowest BCUT2D eigenvalue weighted by Crippen LogP contribution is -2.65. The molecule has 1 amide bonds. The Morgan fingerprint density at radius 3 is 1.31 bits per heavy atom. The second-order valence-corrected chi connectivity index (χ2v) is 23.9. The number of unbranched alkanes of at least 4 members (excludes halogenated alkanes) is 32. The predicted octanol–water partition coefficient (Wildman–Crippen LogP) is 13.5. The summed E-state index contributed by atoms with van der Waals surface area (Å²) in [7, 11) is 0. The summed E-state index contributed by atoms with van der Waals surface area (Å²) in [5, 5.41) is 87.3. The summed E-state index contributed by atoms with van der Waals surface area (Å²) in [4.78, 5) is 13.3. The van der Waals surface area contributed by atoms with Gasteiger partial charge < -0.3 is 65.1 Å². The van der Waals surface area contributed by atoms with Crippen LogP contribution in [-0.2, 0) is 23.7 Å². The van der Waals surface area contributed by atoms with Gasteiger partial charge in [0.05, 0.1) is 32.0 Å². The number of aliphatic hydroxyl groups is 8. The summed E-state index contributed by atoms with van der Waals surface area (Å²) < 4.78 is 22.8. The van der Waals surface area contributed by atoms with Crippen molar-refractivity contribution in [3.05, 3.63) is 72.9 Å². The summed E-state index contributed by atoms with van der Waals surface area (Å²) in [6.45, 7) is 2.68. The number of carbonyl (C=O) groups is 1. The number of aliphatic hydroxyl groups excluding tert-OH is 8. The SMILES string of the molecule is CC/C=C\C/C=C\C/C=C\C/C=C\CCCCCCCCC(=O)NC(COC1OC(CO)C(OC2OC(CO)C(O)C(O)C2O)C(O)C1O)C(O)/C=C/CC/C=C/CCCCCCCCCCCCCCCCCCCCCCCCCCC. The van der Waals surface area contributed by atoms with E-state index >= 15 is 0 Å². The number of amides is 1. The molecule has 0 spiro atoms. The number of rotatable bonds is 55. The van der Waals surface area contributed by atoms with E-state index in [0.29, 0.717) is 12.8 Å². The summed E-state index contributed by atoms with van der Waals surface area (Å²) in [5.41, 5.74) is 0. The molecule has 0 bridgehead atoms. The Morgan fingerprint density at radius 1 is 0.440 bits per heavy atom. The normalized spacial score (nSPS) is 24.1. The van der Waals surface area contributed by atoms with Crippen molar-refractivity contribution in [3.8, 4) is 0 Å². The molecule has 2 aliphatic heterocycles. The third kappa shape index (κ3) is 38.7. The minimum Gasteiger partial charge on any atom is -0.394 e. The summed E-state index contributed by atoms with van der Waals surface area (Å²) in [6, 6.07) is -0.945. The zero-order valence-corrected chi connectivity index (χ0v) is 52.9. The zero-order chi connectivity index (χ0) is 60.9. The minimum atomic E-state index is -1.80. The highest BCUT2D eigenvalue weighted by Gasteiger charge is 2.51. The number of nitrogens with one attached hydrogen (secondary N) is 1. The minimum absolute atomic E-state index is 0.254. The molecule has 0 aromatic rings. The average Bonchev–Trinajstić information content (AvgIpc) is 3.62. The fourth-order valence-corrected chi connectivity index (χ4v) is 10.9. The van der Waals surface area contributed by atoms with Crippen molar-refractivity contribution in [3.63, 3.8) is 0 Å². The predicted molar refractivity (Wildman–Crippen MR) is 341 cm³/mol. The molecule has 2 rings (SSSR count). The first-order valence-electron chi connectivity index (χ1n) is 34.2. The third-order valence-electron chi connectivity index (χ3n) is 16.4. The van der Waals surface area contributed by atoms with E-state index in [4.69, 9.17) is 18.9 Å². The van der Waals surface area contributed by atoms with Gasteiger partial charge in [-0.05, 0) is 70.6 Å². The van der Waals surface area contributed by atoms with Gasteiger partial charge in [-0.1, -0.05) is 267 Å². The smallest absolute Gasteiger partial charge is 0.220 e. The Bertz CT molecular complexity index is 1690. The van der Waals surface area contributed by atoms with Crippen molar-refractivity contribution < 1.29 is 64.6 Å². The largest absolute Gasteiger partial charge is 0.394 e. The van der Waals surface area contributed by atoms with Crippen molar-refractivity contribution in [1.82, 2.24) is 5.32 Å². The molecule has 12 unspecified atom stereocenters. The second-order valence-electron chi connectivity index (χ2n) is 23.9. The van der Waals surface area contributed by atoms with Crippen LogP contribution in [0.3, 0.4) is 0 Å². The highest BCUT2D eigenvalue weighted by atomic mass is 16.7. The standard InChI is InChI=1S/C70H125NO13/c1-3-5-7-9-11-13-15-17-19-21-23-24-25-26-27-28-29-30-31-32-33-34-36-37-39-41-43-45-47-49-51-53-59(74)58(71-62(75)54-52-50-48-46-44-42-40-38-35-22-20-18-16-14-12-10-8-6-4-2)57-81-69-67(80)65(78)68(61(56-73)83-69)84-70-66(79)64(77)63(76)60(55-72)82-70/h6,8,12,14,18,20,35,38,43,45,51,53,58-61,63-70,72-74,76-80H,3-5,7,9-11,13,15-17,19,21-34,36-37,39-42,44,46-50,52,54-57H2,1-2H3,(H,71,75)/b8-6-,14-12-,20-18-,38-35-,45-43+,53-51+. The second kappa shape index (κ2) is 54.6. The highest BCUT2D eigenvalue weighted by Crippen LogP contribution is 2.30. The Hall–Kier alpha value is -2.57. The maximum Gasteiger partial charge on any atom is 0.220 e. The first kappa shape index (κ1) is 77.5. The van der Waals surface area contributed by atoms with Gasteiger partial charge in [0, 0.05) is 6.42 Å². The molecule has 2 heterocycles. The Balaban J connectivity index is 1.70. The highest BCUT2D eigenvalue weighted by molar-refractivity contribution is 5.76. The first-order chi connectivity index (χ1) is 41.1. The number of hydrogen-bond acceptors (Lipinski definition) is 13. The van der Waals surface area contributed by atoms with Gasteiger partial charge >= 0.3 is 0 Å². The molecular formula is C70H125NO13. The maximum absolute atomic E-state index is 13.3. The Labute approximate surface area is 510 Å². The lowest BCUT2D eigenvalue weighted by Gasteiger charge is -2.46. The van der Waals surface area contributed by atoms with Gasteiger partial charge in [0.2, 0.25) is 5.91 Å². The van der Waals surface area contributed by atoms with Gasteiger partial charge in [-0.15, -0.1) is 0 Å². The molecule has 2 aliphatic rings. The summed E-state index contributed by atoms with van der Waals surface area (Å²) in [5.74, 6) is -0.263. The van der Waals surface area contributed by atoms with Crippen LogP contribution in [-0.4, -0.2) is 140 Å². The van der Waals surface area contributed by atoms with Crippen molar-refractivity contribution in [2.24, 2.45) is 0 Å². The van der Waals surface area contributed by atoms with E-state index in [1.54, 1.807) is 6.08 Å². The molecule has 2 fully saturated rings. The maximum atomic E-state index is 13.3. The van der Waals surface area contributed by atoms with Gasteiger partial charge in [-0.2, -0.15) is 0 Å². The zero-order valence-electron chi connectivity index (χ0n) is 52.9. The van der Waals surface area contributed by atoms with Crippen LogP contribution in [0.5, 0.6) is 0 Å². The fraction of sp³-hybridized carbons (Fsp3) is 0.814. The fourth-order valence-electron chi connectivity index (χ4n) is 10.9. The molecule has 488 valence electrons. The number of hydrogen-bond donors (Lipinski definition) is 9. The van der Waals surface area contributed by atoms with Crippen LogP contribution in [0.25, 0.3) is 0 Å². The molecule has 0 aromatic heterocycles. The molecule has 0 radical (unpaired) electrons. The van der Waals surface area contributed by atoms with Gasteiger partial charge in [-0.25, -0.2) is 0 Å². The van der Waals surface area contributed by atoms with E-state index in [2.05, 4.69) is 79.9 Å². The van der Waals surface area contributed by atoms with Crippen molar-refractivity contribution in [2.45, 2.75) is 344 Å². The molecule has 0 saturated carbocycles. The van der Waals surface area contributed by atoms with Crippen molar-refractivity contribution >= 4 is 5.91 Å². The van der Waals surface area contributed by atoms with Gasteiger partial charge in [-0.3, -0.25) is 4.79 Å². The van der Waals surface area contributed by atoms with Gasteiger partial charge in [0.25, 0.3) is 0 Å². The number of allylic oxidation sites excluding steroid dienone is 11. The lowest BCUT2D eigenvalue weighted by molar-refractivity contribution is -0.359. The van der Waals surface area contributed by atoms with E-state index < -0.39 is 86.8 Å². The van der Waals surface area contributed by atoms with Crippen LogP contribution in [0.1, 0.15) is 271 Å². The van der Waals surface area contributed by atoms with Crippen LogP contribution >= 0.6 is 0 Å². The van der Waals surface area contributed by atoms with Crippen LogP contribution in [0.2, 0.25) is 0 Å². The molecule has 14 heteroatoms. The molecule has 0 aliphatic carbocycles. The molecule has 9 N–H and O–H groups in total. The van der Waals surface area contributed by atoms with E-state index in [9.17, 15) is 45.6 Å². The first-order valence-corrected chi connectivity index (χ1v) is 34.2. The van der Waals surface area contributed by atoms with E-state index in [-0.39, 0.29) is 18.9 Å². The average molecular weight is 1190 g/mol. The van der Waals surface area contributed by atoms with Crippen molar-refractivity contribution in [2.75, 3.05) is 19.8 Å². The van der Waals surface area contributed by atoms with Crippen LogP contribution in [0.15, 0.2) is 72.9 Å². The quantitative estimate of drug-likeness (QED) is 0.0204.